The minimum Gasteiger partial charge on any atom is -0.314 e. The molecule has 1 fully saturated rings. The van der Waals surface area contributed by atoms with Crippen molar-refractivity contribution >= 4 is 0 Å². The highest BCUT2D eigenvalue weighted by Crippen LogP contribution is 2.32. The van der Waals surface area contributed by atoms with Crippen LogP contribution in [0.15, 0.2) is 24.3 Å². The van der Waals surface area contributed by atoms with Crippen molar-refractivity contribution < 1.29 is 8.78 Å². The van der Waals surface area contributed by atoms with E-state index in [1.807, 2.05) is 13.0 Å². The second-order valence-electron chi connectivity index (χ2n) is 4.92. The van der Waals surface area contributed by atoms with E-state index < -0.39 is 5.92 Å². The van der Waals surface area contributed by atoms with Gasteiger partial charge in [0.1, 0.15) is 0 Å². The average Bonchev–Trinajstić information content (AvgIpc) is 2.38. The summed E-state index contributed by atoms with van der Waals surface area (Å²) in [4.78, 5) is 2.10. The number of benzene rings is 1. The van der Waals surface area contributed by atoms with E-state index in [2.05, 4.69) is 10.2 Å². The number of aryl methyl sites for hydroxylation is 1. The van der Waals surface area contributed by atoms with Gasteiger partial charge in [-0.3, -0.25) is 0 Å². The maximum Gasteiger partial charge on any atom is 0.274 e. The molecule has 0 aromatic heterocycles. The predicted molar refractivity (Wildman–Crippen MR) is 69.0 cm³/mol. The van der Waals surface area contributed by atoms with E-state index in [-0.39, 0.29) is 12.0 Å². The summed E-state index contributed by atoms with van der Waals surface area (Å²) in [5.41, 5.74) is 1.02. The number of nitrogens with one attached hydrogen (secondary N) is 1. The van der Waals surface area contributed by atoms with Gasteiger partial charge in [0.05, 0.1) is 0 Å². The van der Waals surface area contributed by atoms with Crippen LogP contribution in [0, 0.1) is 6.92 Å². The second-order valence-corrected chi connectivity index (χ2v) is 4.92. The number of rotatable bonds is 4. The molecular formula is C14H20F2N2. The molecule has 0 saturated carbocycles. The molecule has 0 spiro atoms. The minimum absolute atomic E-state index is 0.101. The van der Waals surface area contributed by atoms with Crippen LogP contribution in [0.4, 0.5) is 8.78 Å². The van der Waals surface area contributed by atoms with Gasteiger partial charge in [-0.2, -0.15) is 0 Å². The van der Waals surface area contributed by atoms with Crippen LogP contribution < -0.4 is 5.32 Å². The fraction of sp³-hybridized carbons (Fsp3) is 0.571. The largest absolute Gasteiger partial charge is 0.314 e. The van der Waals surface area contributed by atoms with Crippen LogP contribution >= 0.6 is 0 Å². The van der Waals surface area contributed by atoms with E-state index in [1.54, 1.807) is 12.1 Å². The van der Waals surface area contributed by atoms with Crippen molar-refractivity contribution in [2.24, 2.45) is 0 Å². The lowest BCUT2D eigenvalue weighted by atomic mass is 10.0. The Morgan fingerprint density at radius 3 is 2.67 bits per heavy atom. The van der Waals surface area contributed by atoms with Gasteiger partial charge in [0, 0.05) is 44.7 Å². The molecule has 18 heavy (non-hydrogen) atoms. The van der Waals surface area contributed by atoms with E-state index in [9.17, 15) is 8.78 Å². The van der Waals surface area contributed by atoms with Crippen LogP contribution in [-0.4, -0.2) is 37.6 Å². The molecule has 1 aliphatic heterocycles. The van der Waals surface area contributed by atoms with Crippen LogP contribution in [0.2, 0.25) is 0 Å². The lowest BCUT2D eigenvalue weighted by Crippen LogP contribution is -2.44. The van der Waals surface area contributed by atoms with Gasteiger partial charge in [-0.15, -0.1) is 0 Å². The fourth-order valence-corrected chi connectivity index (χ4v) is 2.25. The minimum atomic E-state index is -2.73. The summed E-state index contributed by atoms with van der Waals surface area (Å²) in [6, 6.07) is 6.64. The molecule has 0 radical (unpaired) electrons. The molecule has 0 bridgehead atoms. The Hall–Kier alpha value is -1.00. The summed E-state index contributed by atoms with van der Waals surface area (Å²) < 4.78 is 28.1. The van der Waals surface area contributed by atoms with Gasteiger partial charge in [-0.1, -0.05) is 29.8 Å². The first kappa shape index (κ1) is 13.4. The van der Waals surface area contributed by atoms with E-state index in [0.29, 0.717) is 6.54 Å². The van der Waals surface area contributed by atoms with Gasteiger partial charge in [-0.25, -0.2) is 8.78 Å². The Kier molecular flexibility index (Phi) is 4.30. The SMILES string of the molecule is Cc1cccc(C(F)(F)CCN2CCNCC2)c1. The lowest BCUT2D eigenvalue weighted by Gasteiger charge is -2.29. The van der Waals surface area contributed by atoms with Crippen molar-refractivity contribution in [3.05, 3.63) is 35.4 Å². The maximum absolute atomic E-state index is 14.0. The zero-order chi connectivity index (χ0) is 13.0. The third kappa shape index (κ3) is 3.50. The summed E-state index contributed by atoms with van der Waals surface area (Å²) in [5.74, 6) is -2.73. The first-order valence-corrected chi connectivity index (χ1v) is 6.46. The molecule has 1 saturated heterocycles. The van der Waals surface area contributed by atoms with Crippen LogP contribution in [0.3, 0.4) is 0 Å². The first-order chi connectivity index (χ1) is 8.58. The summed E-state index contributed by atoms with van der Waals surface area (Å²) in [6.45, 7) is 5.83. The number of hydrogen-bond acceptors (Lipinski definition) is 2. The molecule has 0 unspecified atom stereocenters. The van der Waals surface area contributed by atoms with E-state index >= 15 is 0 Å². The molecule has 4 heteroatoms. The van der Waals surface area contributed by atoms with Gasteiger partial charge in [0.25, 0.3) is 5.92 Å². The molecule has 0 aliphatic carbocycles. The van der Waals surface area contributed by atoms with Gasteiger partial charge < -0.3 is 10.2 Å². The van der Waals surface area contributed by atoms with E-state index in [1.165, 1.54) is 6.07 Å². The first-order valence-electron chi connectivity index (χ1n) is 6.46. The van der Waals surface area contributed by atoms with Crippen LogP contribution in [0.1, 0.15) is 17.5 Å². The van der Waals surface area contributed by atoms with Crippen molar-refractivity contribution in [3.63, 3.8) is 0 Å². The van der Waals surface area contributed by atoms with Crippen LogP contribution in [0.5, 0.6) is 0 Å². The van der Waals surface area contributed by atoms with Gasteiger partial charge in [-0.05, 0) is 6.92 Å². The summed E-state index contributed by atoms with van der Waals surface area (Å²) in [5, 5.41) is 3.22. The molecule has 0 atom stereocenters. The van der Waals surface area contributed by atoms with E-state index in [0.717, 1.165) is 31.7 Å². The number of alkyl halides is 2. The van der Waals surface area contributed by atoms with Crippen LogP contribution in [0.25, 0.3) is 0 Å². The highest BCUT2D eigenvalue weighted by atomic mass is 19.3. The molecule has 1 aromatic rings. The zero-order valence-electron chi connectivity index (χ0n) is 10.8. The summed E-state index contributed by atoms with van der Waals surface area (Å²) in [7, 11) is 0. The predicted octanol–water partition coefficient (Wildman–Crippen LogP) is 2.38. The van der Waals surface area contributed by atoms with Crippen LogP contribution in [-0.2, 0) is 5.92 Å². The number of nitrogens with zero attached hydrogens (tertiary/aromatic N) is 1. The normalized spacial score (nSPS) is 17.9. The third-order valence-corrected chi connectivity index (χ3v) is 3.39. The molecule has 1 aliphatic rings. The van der Waals surface area contributed by atoms with Gasteiger partial charge >= 0.3 is 0 Å². The highest BCUT2D eigenvalue weighted by Gasteiger charge is 2.31. The molecule has 2 nitrogen and oxygen atoms in total. The van der Waals surface area contributed by atoms with E-state index in [4.69, 9.17) is 0 Å². The number of halogens is 2. The van der Waals surface area contributed by atoms with Crippen molar-refractivity contribution in [2.45, 2.75) is 19.3 Å². The average molecular weight is 254 g/mol. The molecule has 2 rings (SSSR count). The molecule has 100 valence electrons. The summed E-state index contributed by atoms with van der Waals surface area (Å²) >= 11 is 0. The Morgan fingerprint density at radius 1 is 1.28 bits per heavy atom. The smallest absolute Gasteiger partial charge is 0.274 e. The monoisotopic (exact) mass is 254 g/mol. The Labute approximate surface area is 107 Å². The lowest BCUT2D eigenvalue weighted by molar-refractivity contribution is -0.0226. The Morgan fingerprint density at radius 2 is 2.00 bits per heavy atom. The highest BCUT2D eigenvalue weighted by molar-refractivity contribution is 5.25. The number of hydrogen-bond donors (Lipinski definition) is 1. The molecular weight excluding hydrogens is 234 g/mol. The van der Waals surface area contributed by atoms with Crippen molar-refractivity contribution in [1.82, 2.24) is 10.2 Å². The molecule has 0 amide bonds. The van der Waals surface area contributed by atoms with Crippen molar-refractivity contribution in [3.8, 4) is 0 Å². The standard InChI is InChI=1S/C14H20F2N2/c1-12-3-2-4-13(11-12)14(15,16)5-8-18-9-6-17-7-10-18/h2-4,11,17H,5-10H2,1H3. The second kappa shape index (κ2) is 5.76. The molecule has 1 aromatic carbocycles. The van der Waals surface area contributed by atoms with Gasteiger partial charge in [0.15, 0.2) is 0 Å². The fourth-order valence-electron chi connectivity index (χ4n) is 2.25. The number of piperazine rings is 1. The molecule has 1 N–H and O–H groups in total. The van der Waals surface area contributed by atoms with Crippen molar-refractivity contribution in [1.29, 1.82) is 0 Å². The topological polar surface area (TPSA) is 15.3 Å². The van der Waals surface area contributed by atoms with Gasteiger partial charge in [0.2, 0.25) is 0 Å². The summed E-state index contributed by atoms with van der Waals surface area (Å²) in [6.07, 6.45) is -0.101. The zero-order valence-corrected chi connectivity index (χ0v) is 10.8. The third-order valence-electron chi connectivity index (χ3n) is 3.39. The Balaban J connectivity index is 1.94. The quantitative estimate of drug-likeness (QED) is 0.887. The molecule has 1 heterocycles. The maximum atomic E-state index is 14.0. The van der Waals surface area contributed by atoms with Crippen molar-refractivity contribution in [2.75, 3.05) is 32.7 Å². The Bertz CT molecular complexity index is 387.